The van der Waals surface area contributed by atoms with Crippen molar-refractivity contribution in [2.24, 2.45) is 4.99 Å². The number of nitrogens with zero attached hydrogens (tertiary/aromatic N) is 3. The molecule has 1 aromatic heterocycles. The zero-order valence-electron chi connectivity index (χ0n) is 14.8. The van der Waals surface area contributed by atoms with Crippen LogP contribution in [0.1, 0.15) is 17.3 Å². The van der Waals surface area contributed by atoms with Gasteiger partial charge in [-0.05, 0) is 24.6 Å². The number of aliphatic imine (C=N–C) groups is 1. The quantitative estimate of drug-likeness (QED) is 0.485. The van der Waals surface area contributed by atoms with Crippen molar-refractivity contribution < 1.29 is 9.59 Å². The third kappa shape index (κ3) is 4.76. The average molecular weight is 355 g/mol. The summed E-state index contributed by atoms with van der Waals surface area (Å²) in [4.78, 5) is 35.9. The van der Waals surface area contributed by atoms with E-state index >= 15 is 0 Å². The molecule has 4 N–H and O–H groups in total. The van der Waals surface area contributed by atoms with Crippen LogP contribution in [-0.2, 0) is 0 Å². The Bertz CT molecular complexity index is 806. The zero-order valence-corrected chi connectivity index (χ0v) is 14.8. The van der Waals surface area contributed by atoms with Gasteiger partial charge in [-0.2, -0.15) is 0 Å². The molecule has 0 aliphatic carbocycles. The van der Waals surface area contributed by atoms with Gasteiger partial charge in [0.1, 0.15) is 6.33 Å². The first-order valence-electron chi connectivity index (χ1n) is 7.99. The third-order valence-corrected chi connectivity index (χ3v) is 3.43. The molecule has 2 aromatic rings. The van der Waals surface area contributed by atoms with Crippen LogP contribution in [0.4, 0.5) is 10.5 Å². The van der Waals surface area contributed by atoms with Gasteiger partial charge in [-0.25, -0.2) is 14.8 Å². The van der Waals surface area contributed by atoms with E-state index in [-0.39, 0.29) is 17.9 Å². The summed E-state index contributed by atoms with van der Waals surface area (Å²) in [5.74, 6) is -0.0587. The molecule has 0 saturated heterocycles. The number of carbonyl (C=O) groups excluding carboxylic acids is 2. The Morgan fingerprint density at radius 2 is 1.88 bits per heavy atom. The monoisotopic (exact) mass is 355 g/mol. The van der Waals surface area contributed by atoms with Crippen LogP contribution >= 0.6 is 0 Å². The van der Waals surface area contributed by atoms with Crippen molar-refractivity contribution in [3.05, 3.63) is 42.5 Å². The molecule has 26 heavy (non-hydrogen) atoms. The first-order valence-corrected chi connectivity index (χ1v) is 7.99. The summed E-state index contributed by atoms with van der Waals surface area (Å²) in [7, 11) is 3.08. The largest absolute Gasteiger partial charge is 0.355 e. The fraction of sp³-hybridized carbons (Fsp3) is 0.235. The molecule has 9 heteroatoms. The van der Waals surface area contributed by atoms with Gasteiger partial charge < -0.3 is 16.0 Å². The van der Waals surface area contributed by atoms with Crippen LogP contribution < -0.4 is 21.3 Å². The summed E-state index contributed by atoms with van der Waals surface area (Å²) < 4.78 is 0. The van der Waals surface area contributed by atoms with Crippen LogP contribution in [0, 0.1) is 0 Å². The second kappa shape index (κ2) is 9.11. The normalized spacial score (nSPS) is 10.8. The van der Waals surface area contributed by atoms with E-state index in [1.807, 2.05) is 13.0 Å². The average Bonchev–Trinajstić information content (AvgIpc) is 2.68. The predicted molar refractivity (Wildman–Crippen MR) is 100 cm³/mol. The number of aromatic nitrogens is 2. The van der Waals surface area contributed by atoms with Crippen molar-refractivity contribution in [2.75, 3.05) is 26.0 Å². The second-order valence-electron chi connectivity index (χ2n) is 5.15. The third-order valence-electron chi connectivity index (χ3n) is 3.43. The maximum Gasteiger partial charge on any atom is 0.321 e. The molecule has 0 radical (unpaired) electrons. The van der Waals surface area contributed by atoms with Crippen molar-refractivity contribution >= 4 is 23.6 Å². The summed E-state index contributed by atoms with van der Waals surface area (Å²) in [6, 6.07) is 4.89. The summed E-state index contributed by atoms with van der Waals surface area (Å²) in [6.07, 6.45) is 4.77. The summed E-state index contributed by atoms with van der Waals surface area (Å²) in [5.41, 5.74) is 2.48. The molecular formula is C17H21N7O2. The Morgan fingerprint density at radius 1 is 1.15 bits per heavy atom. The van der Waals surface area contributed by atoms with E-state index < -0.39 is 0 Å². The number of urea groups is 1. The van der Waals surface area contributed by atoms with E-state index in [1.54, 1.807) is 31.6 Å². The summed E-state index contributed by atoms with van der Waals surface area (Å²) >= 11 is 0. The lowest BCUT2D eigenvalue weighted by atomic mass is 10.0. The number of nitrogens with one attached hydrogen (secondary N) is 4. The molecule has 2 rings (SSSR count). The molecule has 1 aromatic carbocycles. The maximum absolute atomic E-state index is 12.3. The number of hydrogen-bond acceptors (Lipinski definition) is 5. The highest BCUT2D eigenvalue weighted by molar-refractivity contribution is 6.08. The molecule has 0 saturated carbocycles. The Hall–Kier alpha value is -3.49. The number of carbonyl (C=O) groups is 2. The van der Waals surface area contributed by atoms with Gasteiger partial charge in [0.15, 0.2) is 0 Å². The van der Waals surface area contributed by atoms with E-state index in [2.05, 4.69) is 36.2 Å². The van der Waals surface area contributed by atoms with E-state index in [0.29, 0.717) is 17.8 Å². The highest BCUT2D eigenvalue weighted by Crippen LogP contribution is 2.24. The van der Waals surface area contributed by atoms with Gasteiger partial charge >= 0.3 is 6.03 Å². The van der Waals surface area contributed by atoms with Gasteiger partial charge in [0.05, 0.1) is 11.3 Å². The van der Waals surface area contributed by atoms with Crippen LogP contribution in [-0.4, -0.2) is 48.5 Å². The second-order valence-corrected chi connectivity index (χ2v) is 5.15. The maximum atomic E-state index is 12.3. The Labute approximate surface area is 151 Å². The van der Waals surface area contributed by atoms with E-state index in [1.165, 1.54) is 13.4 Å². The molecule has 9 nitrogen and oxygen atoms in total. The van der Waals surface area contributed by atoms with Gasteiger partial charge in [-0.1, -0.05) is 6.07 Å². The summed E-state index contributed by atoms with van der Waals surface area (Å²) in [6.45, 7) is 2.30. The number of rotatable bonds is 4. The molecule has 0 bridgehead atoms. The van der Waals surface area contributed by atoms with Gasteiger partial charge in [-0.15, -0.1) is 0 Å². The minimum Gasteiger partial charge on any atom is -0.355 e. The number of hydrogen-bond donors (Lipinski definition) is 4. The zero-order chi connectivity index (χ0) is 18.9. The van der Waals surface area contributed by atoms with Crippen LogP contribution in [0.2, 0.25) is 0 Å². The lowest BCUT2D eigenvalue weighted by Crippen LogP contribution is -2.42. The van der Waals surface area contributed by atoms with E-state index in [4.69, 9.17) is 0 Å². The molecule has 136 valence electrons. The van der Waals surface area contributed by atoms with Gasteiger partial charge in [0, 0.05) is 38.6 Å². The van der Waals surface area contributed by atoms with Gasteiger partial charge in [-0.3, -0.25) is 15.1 Å². The minimum absolute atomic E-state index is 0.219. The minimum atomic E-state index is -0.389. The van der Waals surface area contributed by atoms with Crippen LogP contribution in [0.3, 0.4) is 0 Å². The van der Waals surface area contributed by atoms with Crippen molar-refractivity contribution in [3.8, 4) is 11.1 Å². The molecule has 3 amide bonds. The number of anilines is 1. The first kappa shape index (κ1) is 18.8. The lowest BCUT2D eigenvalue weighted by Gasteiger charge is -2.15. The molecule has 0 unspecified atom stereocenters. The highest BCUT2D eigenvalue weighted by Gasteiger charge is 2.14. The fourth-order valence-electron chi connectivity index (χ4n) is 2.19. The molecule has 0 aliphatic heterocycles. The van der Waals surface area contributed by atoms with Crippen molar-refractivity contribution in [3.63, 3.8) is 0 Å². The summed E-state index contributed by atoms with van der Waals surface area (Å²) in [5, 5.41) is 10.8. The molecule has 1 heterocycles. The predicted octanol–water partition coefficient (Wildman–Crippen LogP) is 1.22. The lowest BCUT2D eigenvalue weighted by molar-refractivity contribution is 0.0964. The Kier molecular flexibility index (Phi) is 6.60. The van der Waals surface area contributed by atoms with Gasteiger partial charge in [0.25, 0.3) is 5.91 Å². The number of benzene rings is 1. The van der Waals surface area contributed by atoms with Crippen LogP contribution in [0.5, 0.6) is 0 Å². The fourth-order valence-corrected chi connectivity index (χ4v) is 2.19. The number of guanidine groups is 1. The van der Waals surface area contributed by atoms with Crippen molar-refractivity contribution in [1.29, 1.82) is 0 Å². The van der Waals surface area contributed by atoms with E-state index in [0.717, 1.165) is 11.1 Å². The molecule has 0 fully saturated rings. The Balaban J connectivity index is 2.32. The number of amides is 3. The Morgan fingerprint density at radius 3 is 2.50 bits per heavy atom. The topological polar surface area (TPSA) is 120 Å². The van der Waals surface area contributed by atoms with E-state index in [9.17, 15) is 9.59 Å². The molecular weight excluding hydrogens is 334 g/mol. The SMILES string of the molecule is CCNC(=O)NC(=NC)Nc1ccc(-c2cncnc2)cc1C(=O)NC. The van der Waals surface area contributed by atoms with Crippen LogP contribution in [0.15, 0.2) is 41.9 Å². The van der Waals surface area contributed by atoms with Crippen molar-refractivity contribution in [2.45, 2.75) is 6.92 Å². The molecule has 0 spiro atoms. The first-order chi connectivity index (χ1) is 12.6. The standard InChI is InChI=1S/C17H21N7O2/c1-4-22-17(26)24-16(19-3)23-14-6-5-11(7-13(14)15(25)18-2)12-8-20-10-21-9-12/h5-10H,4H2,1-3H3,(H,18,25)(H3,19,22,23,24,26). The highest BCUT2D eigenvalue weighted by atomic mass is 16.2. The smallest absolute Gasteiger partial charge is 0.321 e. The van der Waals surface area contributed by atoms with Gasteiger partial charge in [0.2, 0.25) is 5.96 Å². The van der Waals surface area contributed by atoms with Crippen molar-refractivity contribution in [1.82, 2.24) is 25.9 Å². The van der Waals surface area contributed by atoms with Crippen LogP contribution in [0.25, 0.3) is 11.1 Å². The molecule has 0 atom stereocenters. The molecule has 0 aliphatic rings.